The molecule has 1 rings (SSSR count). The number of carbonyl (C=O) groups is 2. The molecule has 0 saturated heterocycles. The van der Waals surface area contributed by atoms with Gasteiger partial charge in [-0.25, -0.2) is 0 Å². The molecular weight excluding hydrogens is 411 g/mol. The topological polar surface area (TPSA) is 76.7 Å². The molecule has 0 bridgehead atoms. The molecule has 0 heterocycles. The number of benzene rings is 1. The van der Waals surface area contributed by atoms with Crippen LogP contribution in [0.25, 0.3) is 0 Å². The van der Waals surface area contributed by atoms with Crippen LogP contribution in [0.2, 0.25) is 0 Å². The van der Waals surface area contributed by atoms with E-state index >= 15 is 0 Å². The van der Waals surface area contributed by atoms with Gasteiger partial charge in [0.15, 0.2) is 11.5 Å². The number of hydrogen-bond acceptors (Lipinski definition) is 4. The zero-order valence-corrected chi connectivity index (χ0v) is 16.4. The minimum Gasteiger partial charge on any atom is -0.493 e. The Kier molecular flexibility index (Phi) is 6.67. The molecule has 0 spiro atoms. The maximum absolute atomic E-state index is 12.4. The Balaban J connectivity index is 2.92. The number of ether oxygens (including phenoxy) is 2. The molecule has 0 fully saturated rings. The maximum Gasteiger partial charge on any atom is 0.253 e. The summed E-state index contributed by atoms with van der Waals surface area (Å²) in [5.74, 6) is 0.435. The van der Waals surface area contributed by atoms with E-state index in [1.54, 1.807) is 19.1 Å². The molecule has 0 aliphatic carbocycles. The zero-order chi connectivity index (χ0) is 17.8. The highest BCUT2D eigenvalue weighted by atomic mass is 127. The predicted molar refractivity (Wildman–Crippen MR) is 97.1 cm³/mol. The number of nitrogens with one attached hydrogen (secondary N) is 2. The van der Waals surface area contributed by atoms with Crippen LogP contribution in [0.4, 0.5) is 0 Å². The lowest BCUT2D eigenvalue weighted by Gasteiger charge is -2.23. The largest absolute Gasteiger partial charge is 0.493 e. The van der Waals surface area contributed by atoms with E-state index in [4.69, 9.17) is 9.47 Å². The highest BCUT2D eigenvalue weighted by Gasteiger charge is 2.23. The molecular formula is C16H23IN2O4. The maximum atomic E-state index is 12.4. The van der Waals surface area contributed by atoms with Crippen molar-refractivity contribution < 1.29 is 19.1 Å². The molecule has 1 aromatic rings. The van der Waals surface area contributed by atoms with Crippen LogP contribution < -0.4 is 20.1 Å². The Hall–Kier alpha value is -1.51. The van der Waals surface area contributed by atoms with Crippen LogP contribution in [-0.2, 0) is 4.79 Å². The fourth-order valence-electron chi connectivity index (χ4n) is 1.85. The standard InChI is InChI=1S/C16H23IN2O4/c1-9(14(20)19-16(2,3)4)18-15(21)10-7-12(22-5)13(23-6)8-11(10)17/h7-9H,1-6H3,(H,18,21)(H,19,20). The lowest BCUT2D eigenvalue weighted by Crippen LogP contribution is -2.50. The van der Waals surface area contributed by atoms with Gasteiger partial charge in [-0.15, -0.1) is 0 Å². The zero-order valence-electron chi connectivity index (χ0n) is 14.2. The van der Waals surface area contributed by atoms with E-state index in [2.05, 4.69) is 10.6 Å². The SMILES string of the molecule is COc1cc(I)c(C(=O)NC(C)C(=O)NC(C)(C)C)cc1OC. The fourth-order valence-corrected chi connectivity index (χ4v) is 2.53. The highest BCUT2D eigenvalue weighted by Crippen LogP contribution is 2.31. The number of hydrogen-bond donors (Lipinski definition) is 2. The number of amides is 2. The minimum absolute atomic E-state index is 0.235. The summed E-state index contributed by atoms with van der Waals surface area (Å²) in [4.78, 5) is 24.5. The third kappa shape index (κ3) is 5.56. The van der Waals surface area contributed by atoms with E-state index in [9.17, 15) is 9.59 Å². The quantitative estimate of drug-likeness (QED) is 0.698. The second-order valence-electron chi connectivity index (χ2n) is 6.12. The van der Waals surface area contributed by atoms with E-state index in [0.717, 1.165) is 0 Å². The first kappa shape index (κ1) is 19.5. The number of rotatable bonds is 5. The molecule has 1 atom stereocenters. The van der Waals surface area contributed by atoms with Gasteiger partial charge in [0.2, 0.25) is 5.91 Å². The van der Waals surface area contributed by atoms with Crippen LogP contribution in [0.15, 0.2) is 12.1 Å². The van der Waals surface area contributed by atoms with Crippen molar-refractivity contribution in [3.05, 3.63) is 21.3 Å². The second kappa shape index (κ2) is 7.85. The normalized spacial score (nSPS) is 12.3. The first-order chi connectivity index (χ1) is 10.6. The van der Waals surface area contributed by atoms with E-state index in [1.165, 1.54) is 14.2 Å². The summed E-state index contributed by atoms with van der Waals surface area (Å²) in [7, 11) is 3.04. The summed E-state index contributed by atoms with van der Waals surface area (Å²) >= 11 is 2.05. The Bertz CT molecular complexity index is 596. The van der Waals surface area contributed by atoms with E-state index < -0.39 is 6.04 Å². The molecule has 2 amide bonds. The molecule has 0 saturated carbocycles. The Morgan fingerprint density at radius 1 is 1.13 bits per heavy atom. The van der Waals surface area contributed by atoms with Crippen LogP contribution in [0, 0.1) is 3.57 Å². The van der Waals surface area contributed by atoms with Gasteiger partial charge < -0.3 is 20.1 Å². The molecule has 1 aromatic carbocycles. The van der Waals surface area contributed by atoms with Crippen molar-refractivity contribution in [2.75, 3.05) is 14.2 Å². The molecule has 128 valence electrons. The van der Waals surface area contributed by atoms with Gasteiger partial charge in [-0.3, -0.25) is 9.59 Å². The highest BCUT2D eigenvalue weighted by molar-refractivity contribution is 14.1. The van der Waals surface area contributed by atoms with Crippen molar-refractivity contribution in [2.45, 2.75) is 39.3 Å². The fraction of sp³-hybridized carbons (Fsp3) is 0.500. The molecule has 0 aliphatic rings. The van der Waals surface area contributed by atoms with Gasteiger partial charge in [-0.1, -0.05) is 0 Å². The summed E-state index contributed by atoms with van der Waals surface area (Å²) in [5, 5.41) is 5.53. The van der Waals surface area contributed by atoms with Crippen LogP contribution in [0.3, 0.4) is 0 Å². The minimum atomic E-state index is -0.648. The molecule has 1 unspecified atom stereocenters. The van der Waals surface area contributed by atoms with Crippen molar-refractivity contribution in [3.8, 4) is 11.5 Å². The summed E-state index contributed by atoms with van der Waals surface area (Å²) in [5.41, 5.74) is 0.0760. The van der Waals surface area contributed by atoms with E-state index in [-0.39, 0.29) is 17.4 Å². The first-order valence-corrected chi connectivity index (χ1v) is 8.21. The van der Waals surface area contributed by atoms with Crippen LogP contribution >= 0.6 is 22.6 Å². The molecule has 6 nitrogen and oxygen atoms in total. The van der Waals surface area contributed by atoms with Gasteiger partial charge in [0.1, 0.15) is 6.04 Å². The number of carbonyl (C=O) groups excluding carboxylic acids is 2. The van der Waals surface area contributed by atoms with Crippen molar-refractivity contribution >= 4 is 34.4 Å². The van der Waals surface area contributed by atoms with Gasteiger partial charge in [-0.05, 0) is 62.4 Å². The molecule has 0 aliphatic heterocycles. The second-order valence-corrected chi connectivity index (χ2v) is 7.28. The van der Waals surface area contributed by atoms with E-state index in [0.29, 0.717) is 20.6 Å². The van der Waals surface area contributed by atoms with Gasteiger partial charge in [0.05, 0.1) is 19.8 Å². The van der Waals surface area contributed by atoms with Crippen LogP contribution in [0.5, 0.6) is 11.5 Å². The predicted octanol–water partition coefficient (Wildman–Crippen LogP) is 2.34. The Morgan fingerprint density at radius 3 is 2.13 bits per heavy atom. The first-order valence-electron chi connectivity index (χ1n) is 7.13. The summed E-state index contributed by atoms with van der Waals surface area (Å²) in [6, 6.07) is 2.67. The Labute approximate surface area is 150 Å². The van der Waals surface area contributed by atoms with E-state index in [1.807, 2.05) is 43.4 Å². The van der Waals surface area contributed by atoms with Crippen LogP contribution in [0.1, 0.15) is 38.1 Å². The lowest BCUT2D eigenvalue weighted by molar-refractivity contribution is -0.124. The lowest BCUT2D eigenvalue weighted by atomic mass is 10.1. The number of halogens is 1. The smallest absolute Gasteiger partial charge is 0.253 e. The molecule has 7 heteroatoms. The van der Waals surface area contributed by atoms with Crippen molar-refractivity contribution in [3.63, 3.8) is 0 Å². The average Bonchev–Trinajstić information content (AvgIpc) is 2.44. The molecule has 2 N–H and O–H groups in total. The Morgan fingerprint density at radius 2 is 1.65 bits per heavy atom. The van der Waals surface area contributed by atoms with Gasteiger partial charge >= 0.3 is 0 Å². The third-order valence-corrected chi connectivity index (χ3v) is 3.85. The third-order valence-electron chi connectivity index (χ3n) is 2.96. The van der Waals surface area contributed by atoms with Crippen LogP contribution in [-0.4, -0.2) is 37.6 Å². The molecule has 0 aromatic heterocycles. The molecule has 0 radical (unpaired) electrons. The summed E-state index contributed by atoms with van der Waals surface area (Å²) in [6.45, 7) is 7.30. The van der Waals surface area contributed by atoms with Gasteiger partial charge in [0.25, 0.3) is 5.91 Å². The van der Waals surface area contributed by atoms with Crippen molar-refractivity contribution in [2.24, 2.45) is 0 Å². The van der Waals surface area contributed by atoms with Crippen molar-refractivity contribution in [1.29, 1.82) is 0 Å². The average molecular weight is 434 g/mol. The van der Waals surface area contributed by atoms with Gasteiger partial charge in [-0.2, -0.15) is 0 Å². The monoisotopic (exact) mass is 434 g/mol. The summed E-state index contributed by atoms with van der Waals surface area (Å²) in [6.07, 6.45) is 0. The van der Waals surface area contributed by atoms with Crippen molar-refractivity contribution in [1.82, 2.24) is 10.6 Å². The molecule has 23 heavy (non-hydrogen) atoms. The van der Waals surface area contributed by atoms with Gasteiger partial charge in [0, 0.05) is 9.11 Å². The number of methoxy groups -OCH3 is 2. The summed E-state index contributed by atoms with van der Waals surface area (Å²) < 4.78 is 11.1.